The first-order chi connectivity index (χ1) is 7.07. The van der Waals surface area contributed by atoms with E-state index in [1.807, 2.05) is 0 Å². The molecule has 0 unspecified atom stereocenters. The lowest BCUT2D eigenvalue weighted by atomic mass is 10.3. The van der Waals surface area contributed by atoms with Crippen molar-refractivity contribution in [3.63, 3.8) is 0 Å². The van der Waals surface area contributed by atoms with Gasteiger partial charge in [0.15, 0.2) is 0 Å². The lowest BCUT2D eigenvalue weighted by Crippen LogP contribution is -2.24. The third-order valence-corrected chi connectivity index (χ3v) is 2.11. The first-order valence-corrected chi connectivity index (χ1v) is 4.53. The summed E-state index contributed by atoms with van der Waals surface area (Å²) in [6.45, 7) is 1.94. The van der Waals surface area contributed by atoms with E-state index in [1.54, 1.807) is 6.92 Å². The smallest absolute Gasteiger partial charge is 0.334 e. The number of nitro groups is 1. The number of nitrogens with zero attached hydrogens (tertiary/aromatic N) is 2. The van der Waals surface area contributed by atoms with E-state index in [0.717, 1.165) is 0 Å². The third-order valence-electron chi connectivity index (χ3n) is 2.11. The van der Waals surface area contributed by atoms with Crippen molar-refractivity contribution in [1.82, 2.24) is 4.57 Å². The first kappa shape index (κ1) is 11.4. The largest absolute Gasteiger partial charge is 0.396 e. The van der Waals surface area contributed by atoms with Crippen LogP contribution in [-0.4, -0.2) is 21.2 Å². The van der Waals surface area contributed by atoms with Crippen LogP contribution in [0.4, 0.5) is 5.69 Å². The molecular weight excluding hydrogens is 200 g/mol. The summed E-state index contributed by atoms with van der Waals surface area (Å²) >= 11 is 0. The minimum atomic E-state index is -0.697. The normalized spacial score (nSPS) is 10.3. The predicted octanol–water partition coefficient (Wildman–Crippen LogP) is 0.447. The Labute approximate surface area is 85.9 Å². The van der Waals surface area contributed by atoms with Gasteiger partial charge in [-0.05, 0) is 19.4 Å². The zero-order valence-corrected chi connectivity index (χ0v) is 8.34. The molecule has 1 aromatic rings. The Kier molecular flexibility index (Phi) is 3.56. The summed E-state index contributed by atoms with van der Waals surface area (Å²) in [5.41, 5.74) is -0.397. The molecule has 0 aliphatic heterocycles. The minimum Gasteiger partial charge on any atom is -0.396 e. The van der Waals surface area contributed by atoms with Crippen LogP contribution < -0.4 is 5.56 Å². The molecule has 0 saturated heterocycles. The molecule has 0 aromatic carbocycles. The Morgan fingerprint density at radius 3 is 2.73 bits per heavy atom. The van der Waals surface area contributed by atoms with E-state index in [4.69, 9.17) is 5.11 Å². The summed E-state index contributed by atoms with van der Waals surface area (Å²) in [6.07, 6.45) is 0.405. The Morgan fingerprint density at radius 1 is 1.53 bits per heavy atom. The van der Waals surface area contributed by atoms with Gasteiger partial charge in [-0.3, -0.25) is 14.9 Å². The second kappa shape index (κ2) is 4.70. The van der Waals surface area contributed by atoms with E-state index in [1.165, 1.54) is 16.7 Å². The average molecular weight is 212 g/mol. The molecule has 0 aliphatic rings. The van der Waals surface area contributed by atoms with Crippen LogP contribution in [-0.2, 0) is 6.54 Å². The van der Waals surface area contributed by atoms with Crippen LogP contribution in [0.2, 0.25) is 0 Å². The molecule has 1 heterocycles. The maximum Gasteiger partial charge on any atom is 0.334 e. The van der Waals surface area contributed by atoms with Gasteiger partial charge < -0.3 is 9.67 Å². The van der Waals surface area contributed by atoms with Crippen LogP contribution in [0.5, 0.6) is 0 Å². The zero-order chi connectivity index (χ0) is 11.4. The number of pyridine rings is 1. The van der Waals surface area contributed by atoms with Crippen molar-refractivity contribution >= 4 is 5.69 Å². The molecule has 0 fully saturated rings. The Hall–Kier alpha value is -1.69. The summed E-state index contributed by atoms with van der Waals surface area (Å²) in [6, 6.07) is 2.73. The van der Waals surface area contributed by atoms with Gasteiger partial charge >= 0.3 is 11.2 Å². The summed E-state index contributed by atoms with van der Waals surface area (Å²) in [4.78, 5) is 21.4. The fraction of sp³-hybridized carbons (Fsp3) is 0.444. The van der Waals surface area contributed by atoms with Crippen LogP contribution in [0.15, 0.2) is 16.9 Å². The molecular formula is C9H12N2O4. The van der Waals surface area contributed by atoms with Gasteiger partial charge in [0.2, 0.25) is 0 Å². The van der Waals surface area contributed by atoms with Gasteiger partial charge in [0, 0.05) is 24.9 Å². The molecule has 0 radical (unpaired) electrons. The van der Waals surface area contributed by atoms with Gasteiger partial charge in [-0.15, -0.1) is 0 Å². The molecule has 0 spiro atoms. The minimum absolute atomic E-state index is 0.0471. The number of rotatable bonds is 4. The Morgan fingerprint density at radius 2 is 2.20 bits per heavy atom. The molecule has 0 bridgehead atoms. The van der Waals surface area contributed by atoms with Crippen LogP contribution in [0.1, 0.15) is 12.1 Å². The number of aliphatic hydroxyl groups excluding tert-OH is 1. The van der Waals surface area contributed by atoms with Crippen molar-refractivity contribution in [2.75, 3.05) is 6.61 Å². The van der Waals surface area contributed by atoms with E-state index >= 15 is 0 Å². The fourth-order valence-electron chi connectivity index (χ4n) is 1.30. The van der Waals surface area contributed by atoms with Crippen molar-refractivity contribution in [3.05, 3.63) is 38.3 Å². The monoisotopic (exact) mass is 212 g/mol. The molecule has 6 nitrogen and oxygen atoms in total. The van der Waals surface area contributed by atoms with Gasteiger partial charge in [0.1, 0.15) is 0 Å². The molecule has 1 N–H and O–H groups in total. The molecule has 0 aliphatic carbocycles. The first-order valence-electron chi connectivity index (χ1n) is 4.53. The van der Waals surface area contributed by atoms with Gasteiger partial charge in [0.05, 0.1) is 4.92 Å². The van der Waals surface area contributed by atoms with E-state index in [2.05, 4.69) is 0 Å². The number of hydrogen-bond donors (Lipinski definition) is 1. The summed E-state index contributed by atoms with van der Waals surface area (Å²) in [5, 5.41) is 19.1. The third kappa shape index (κ3) is 2.41. The molecule has 0 atom stereocenters. The molecule has 0 amide bonds. The highest BCUT2D eigenvalue weighted by molar-refractivity contribution is 5.27. The second-order valence-corrected chi connectivity index (χ2v) is 3.15. The average Bonchev–Trinajstić information content (AvgIpc) is 2.17. The van der Waals surface area contributed by atoms with E-state index in [0.29, 0.717) is 18.7 Å². The highest BCUT2D eigenvalue weighted by Gasteiger charge is 2.14. The topological polar surface area (TPSA) is 85.4 Å². The maximum atomic E-state index is 11.6. The van der Waals surface area contributed by atoms with Crippen molar-refractivity contribution in [2.24, 2.45) is 0 Å². The van der Waals surface area contributed by atoms with Crippen molar-refractivity contribution in [1.29, 1.82) is 0 Å². The maximum absolute atomic E-state index is 11.6. The van der Waals surface area contributed by atoms with Crippen molar-refractivity contribution < 1.29 is 10.0 Å². The predicted molar refractivity (Wildman–Crippen MR) is 53.8 cm³/mol. The van der Waals surface area contributed by atoms with Gasteiger partial charge in [-0.25, -0.2) is 0 Å². The van der Waals surface area contributed by atoms with Crippen LogP contribution in [0.3, 0.4) is 0 Å². The highest BCUT2D eigenvalue weighted by atomic mass is 16.6. The molecule has 15 heavy (non-hydrogen) atoms. The summed E-state index contributed by atoms with van der Waals surface area (Å²) in [7, 11) is 0. The summed E-state index contributed by atoms with van der Waals surface area (Å²) in [5.74, 6) is 0. The lowest BCUT2D eigenvalue weighted by molar-refractivity contribution is -0.386. The molecule has 0 saturated carbocycles. The van der Waals surface area contributed by atoms with E-state index in [-0.39, 0.29) is 6.61 Å². The second-order valence-electron chi connectivity index (χ2n) is 3.15. The SMILES string of the molecule is Cc1ccc([N+](=O)[O-])c(=O)n1CCCO. The van der Waals surface area contributed by atoms with Gasteiger partial charge in [-0.1, -0.05) is 0 Å². The molecule has 1 aromatic heterocycles. The van der Waals surface area contributed by atoms with Crippen LogP contribution >= 0.6 is 0 Å². The standard InChI is InChI=1S/C9H12N2O4/c1-7-3-4-8(11(14)15)9(13)10(7)5-2-6-12/h3-4,12H,2,5-6H2,1H3. The van der Waals surface area contributed by atoms with E-state index < -0.39 is 16.2 Å². The quantitative estimate of drug-likeness (QED) is 0.579. The van der Waals surface area contributed by atoms with Crippen molar-refractivity contribution in [2.45, 2.75) is 19.9 Å². The molecule has 82 valence electrons. The number of aryl methyl sites for hydroxylation is 1. The lowest BCUT2D eigenvalue weighted by Gasteiger charge is -2.07. The van der Waals surface area contributed by atoms with Gasteiger partial charge in [-0.2, -0.15) is 0 Å². The number of hydrogen-bond acceptors (Lipinski definition) is 4. The fourth-order valence-corrected chi connectivity index (χ4v) is 1.30. The Bertz CT molecular complexity index is 425. The molecule has 1 rings (SSSR count). The van der Waals surface area contributed by atoms with Crippen LogP contribution in [0.25, 0.3) is 0 Å². The molecule has 6 heteroatoms. The van der Waals surface area contributed by atoms with E-state index in [9.17, 15) is 14.9 Å². The highest BCUT2D eigenvalue weighted by Crippen LogP contribution is 2.06. The zero-order valence-electron chi connectivity index (χ0n) is 8.34. The Balaban J connectivity index is 3.18. The number of aromatic nitrogens is 1. The number of aliphatic hydroxyl groups is 1. The summed E-state index contributed by atoms with van der Waals surface area (Å²) < 4.78 is 1.30. The van der Waals surface area contributed by atoms with Gasteiger partial charge in [0.25, 0.3) is 0 Å². The van der Waals surface area contributed by atoms with Crippen molar-refractivity contribution in [3.8, 4) is 0 Å². The van der Waals surface area contributed by atoms with Crippen LogP contribution in [0, 0.1) is 17.0 Å².